The SMILES string of the molecule is CC(C)(C)OC(=O)NCC#Cc1cc(C#N)ccc1Cl. The topological polar surface area (TPSA) is 62.1 Å². The Balaban J connectivity index is 2.60. The molecule has 0 unspecified atom stereocenters. The number of nitrogens with one attached hydrogen (secondary N) is 1. The van der Waals surface area contributed by atoms with Gasteiger partial charge in [0.1, 0.15) is 5.60 Å². The normalized spacial score (nSPS) is 9.95. The number of carbonyl (C=O) groups is 1. The number of carbonyl (C=O) groups excluding carboxylic acids is 1. The van der Waals surface area contributed by atoms with E-state index < -0.39 is 11.7 Å². The Morgan fingerprint density at radius 2 is 2.15 bits per heavy atom. The van der Waals surface area contributed by atoms with Crippen LogP contribution in [0.5, 0.6) is 0 Å². The van der Waals surface area contributed by atoms with Gasteiger partial charge in [-0.05, 0) is 39.0 Å². The number of halogens is 1. The standard InChI is InChI=1S/C15H15ClN2O2/c1-15(2,3)20-14(19)18-8-4-5-12-9-11(10-17)6-7-13(12)16/h6-7,9H,8H2,1-3H3,(H,18,19). The highest BCUT2D eigenvalue weighted by Gasteiger charge is 2.14. The van der Waals surface area contributed by atoms with Crippen LogP contribution >= 0.6 is 11.6 Å². The Morgan fingerprint density at radius 1 is 1.45 bits per heavy atom. The van der Waals surface area contributed by atoms with Crippen molar-refractivity contribution in [2.24, 2.45) is 0 Å². The van der Waals surface area contributed by atoms with Crippen LogP contribution in [-0.2, 0) is 4.74 Å². The molecule has 1 aromatic carbocycles. The second kappa shape index (κ2) is 6.84. The average molecular weight is 291 g/mol. The van der Waals surface area contributed by atoms with Crippen LogP contribution in [0, 0.1) is 23.2 Å². The van der Waals surface area contributed by atoms with Crippen molar-refractivity contribution in [3.8, 4) is 17.9 Å². The van der Waals surface area contributed by atoms with Crippen LogP contribution in [-0.4, -0.2) is 18.2 Å². The highest BCUT2D eigenvalue weighted by Crippen LogP contribution is 2.15. The van der Waals surface area contributed by atoms with Crippen LogP contribution in [0.4, 0.5) is 4.79 Å². The van der Waals surface area contributed by atoms with Gasteiger partial charge in [0.15, 0.2) is 0 Å². The van der Waals surface area contributed by atoms with Crippen LogP contribution in [0.25, 0.3) is 0 Å². The van der Waals surface area contributed by atoms with Crippen LogP contribution in [0.3, 0.4) is 0 Å². The fourth-order valence-electron chi connectivity index (χ4n) is 1.26. The first-order valence-electron chi connectivity index (χ1n) is 5.97. The van der Waals surface area contributed by atoms with Crippen LogP contribution < -0.4 is 5.32 Å². The molecule has 0 fully saturated rings. The van der Waals surface area contributed by atoms with Gasteiger partial charge in [0.05, 0.1) is 23.2 Å². The third kappa shape index (κ3) is 5.65. The number of amides is 1. The monoisotopic (exact) mass is 290 g/mol. The molecule has 0 heterocycles. The van der Waals surface area contributed by atoms with Gasteiger partial charge >= 0.3 is 6.09 Å². The summed E-state index contributed by atoms with van der Waals surface area (Å²) < 4.78 is 5.06. The number of alkyl carbamates (subject to hydrolysis) is 1. The Labute approximate surface area is 123 Å². The number of hydrogen-bond acceptors (Lipinski definition) is 3. The zero-order valence-corrected chi connectivity index (χ0v) is 12.3. The van der Waals surface area contributed by atoms with Gasteiger partial charge in [-0.1, -0.05) is 23.4 Å². The smallest absolute Gasteiger partial charge is 0.408 e. The summed E-state index contributed by atoms with van der Waals surface area (Å²) in [7, 11) is 0. The molecule has 5 heteroatoms. The summed E-state index contributed by atoms with van der Waals surface area (Å²) in [6.45, 7) is 5.49. The quantitative estimate of drug-likeness (QED) is 0.809. The van der Waals surface area contributed by atoms with Crippen LogP contribution in [0.1, 0.15) is 31.9 Å². The Hall–Kier alpha value is -2.17. The largest absolute Gasteiger partial charge is 0.444 e. The predicted molar refractivity (Wildman–Crippen MR) is 77.3 cm³/mol. The van der Waals surface area contributed by atoms with E-state index in [1.54, 1.807) is 39.0 Å². The molecule has 0 saturated carbocycles. The molecule has 0 aliphatic heterocycles. The molecular formula is C15H15ClN2O2. The van der Waals surface area contributed by atoms with Crippen molar-refractivity contribution in [1.29, 1.82) is 5.26 Å². The van der Waals surface area contributed by atoms with Crippen molar-refractivity contribution in [2.75, 3.05) is 6.54 Å². The second-order valence-electron chi connectivity index (χ2n) is 4.96. The van der Waals surface area contributed by atoms with E-state index in [0.717, 1.165) is 0 Å². The molecule has 4 nitrogen and oxygen atoms in total. The van der Waals surface area contributed by atoms with Crippen molar-refractivity contribution < 1.29 is 9.53 Å². The lowest BCUT2D eigenvalue weighted by Crippen LogP contribution is -2.32. The maximum Gasteiger partial charge on any atom is 0.408 e. The molecule has 0 saturated heterocycles. The van der Waals surface area contributed by atoms with Gasteiger partial charge in [0.25, 0.3) is 0 Å². The Kier molecular flexibility index (Phi) is 5.43. The minimum atomic E-state index is -0.540. The lowest BCUT2D eigenvalue weighted by atomic mass is 10.1. The zero-order valence-electron chi connectivity index (χ0n) is 11.6. The number of nitrogens with zero attached hydrogens (tertiary/aromatic N) is 1. The number of hydrogen-bond donors (Lipinski definition) is 1. The molecule has 104 valence electrons. The summed E-state index contributed by atoms with van der Waals surface area (Å²) in [5.74, 6) is 5.56. The third-order valence-corrected chi connectivity index (χ3v) is 2.37. The summed E-state index contributed by atoms with van der Waals surface area (Å²) >= 11 is 5.96. The molecule has 1 N–H and O–H groups in total. The van der Waals surface area contributed by atoms with Crippen LogP contribution in [0.15, 0.2) is 18.2 Å². The molecule has 0 atom stereocenters. The molecule has 0 aliphatic rings. The minimum Gasteiger partial charge on any atom is -0.444 e. The van der Waals surface area contributed by atoms with E-state index in [1.807, 2.05) is 6.07 Å². The number of benzene rings is 1. The van der Waals surface area contributed by atoms with Crippen molar-refractivity contribution >= 4 is 17.7 Å². The Morgan fingerprint density at radius 3 is 2.75 bits per heavy atom. The fourth-order valence-corrected chi connectivity index (χ4v) is 1.43. The number of rotatable bonds is 1. The van der Waals surface area contributed by atoms with E-state index >= 15 is 0 Å². The summed E-state index contributed by atoms with van der Waals surface area (Å²) in [5.41, 5.74) is 0.498. The maximum atomic E-state index is 11.4. The molecule has 0 radical (unpaired) electrons. The summed E-state index contributed by atoms with van der Waals surface area (Å²) in [5, 5.41) is 11.8. The molecule has 1 rings (SSSR count). The summed E-state index contributed by atoms with van der Waals surface area (Å²) in [6.07, 6.45) is -0.524. The predicted octanol–water partition coefficient (Wildman–Crippen LogP) is 3.09. The summed E-state index contributed by atoms with van der Waals surface area (Å²) in [4.78, 5) is 11.4. The average Bonchev–Trinajstić information content (AvgIpc) is 2.34. The lowest BCUT2D eigenvalue weighted by molar-refractivity contribution is 0.0535. The van der Waals surface area contributed by atoms with Gasteiger partial charge in [-0.2, -0.15) is 5.26 Å². The van der Waals surface area contributed by atoms with E-state index in [4.69, 9.17) is 21.6 Å². The maximum absolute atomic E-state index is 11.4. The van der Waals surface area contributed by atoms with Gasteiger partial charge in [0, 0.05) is 5.56 Å². The molecule has 20 heavy (non-hydrogen) atoms. The first-order chi connectivity index (χ1) is 9.31. The van der Waals surface area contributed by atoms with Crippen molar-refractivity contribution in [3.63, 3.8) is 0 Å². The van der Waals surface area contributed by atoms with Gasteiger partial charge in [-0.3, -0.25) is 0 Å². The van der Waals surface area contributed by atoms with Gasteiger partial charge in [-0.25, -0.2) is 4.79 Å². The molecule has 0 aliphatic carbocycles. The lowest BCUT2D eigenvalue weighted by Gasteiger charge is -2.19. The van der Waals surface area contributed by atoms with E-state index in [-0.39, 0.29) is 6.54 Å². The number of ether oxygens (including phenoxy) is 1. The number of nitriles is 1. The molecule has 1 amide bonds. The highest BCUT2D eigenvalue weighted by molar-refractivity contribution is 6.31. The van der Waals surface area contributed by atoms with E-state index in [9.17, 15) is 4.79 Å². The third-order valence-electron chi connectivity index (χ3n) is 2.04. The molecular weight excluding hydrogens is 276 g/mol. The van der Waals surface area contributed by atoms with Crippen molar-refractivity contribution in [2.45, 2.75) is 26.4 Å². The van der Waals surface area contributed by atoms with E-state index in [2.05, 4.69) is 17.2 Å². The van der Waals surface area contributed by atoms with Gasteiger partial charge < -0.3 is 10.1 Å². The Bertz CT molecular complexity index is 601. The highest BCUT2D eigenvalue weighted by atomic mass is 35.5. The van der Waals surface area contributed by atoms with E-state index in [1.165, 1.54) is 0 Å². The first kappa shape index (κ1) is 15.9. The van der Waals surface area contributed by atoms with Gasteiger partial charge in [0.2, 0.25) is 0 Å². The second-order valence-corrected chi connectivity index (χ2v) is 5.37. The molecule has 0 bridgehead atoms. The minimum absolute atomic E-state index is 0.141. The zero-order chi connectivity index (χ0) is 15.2. The van der Waals surface area contributed by atoms with E-state index in [0.29, 0.717) is 16.1 Å². The fraction of sp³-hybridized carbons (Fsp3) is 0.333. The molecule has 0 spiro atoms. The molecule has 1 aromatic rings. The van der Waals surface area contributed by atoms with Crippen molar-refractivity contribution in [1.82, 2.24) is 5.32 Å². The first-order valence-corrected chi connectivity index (χ1v) is 6.35. The van der Waals surface area contributed by atoms with Gasteiger partial charge in [-0.15, -0.1) is 0 Å². The molecule has 0 aromatic heterocycles. The van der Waals surface area contributed by atoms with Crippen molar-refractivity contribution in [3.05, 3.63) is 34.3 Å². The van der Waals surface area contributed by atoms with Crippen LogP contribution in [0.2, 0.25) is 5.02 Å². The summed E-state index contributed by atoms with van der Waals surface area (Å²) in [6, 6.07) is 6.85.